The molecule has 7 nitrogen and oxygen atoms in total. The van der Waals surface area contributed by atoms with Crippen LogP contribution in [-0.4, -0.2) is 58.7 Å². The zero-order valence-corrected chi connectivity index (χ0v) is 17.0. The molecular weight excluding hydrogens is 404 g/mol. The van der Waals surface area contributed by atoms with Gasteiger partial charge in [0.15, 0.2) is 0 Å². The Labute approximate surface area is 178 Å². The van der Waals surface area contributed by atoms with Crippen LogP contribution in [0.15, 0.2) is 54.7 Å². The van der Waals surface area contributed by atoms with E-state index in [1.807, 2.05) is 30.3 Å². The molecule has 0 radical (unpaired) electrons. The predicted molar refractivity (Wildman–Crippen MR) is 114 cm³/mol. The quantitative estimate of drug-likeness (QED) is 0.633. The molecule has 154 valence electrons. The second kappa shape index (κ2) is 8.59. The number of carbonyl (C=O) groups is 3. The number of aromatic nitrogens is 1. The molecule has 4 rings (SSSR count). The van der Waals surface area contributed by atoms with E-state index < -0.39 is 11.8 Å². The van der Waals surface area contributed by atoms with Crippen molar-refractivity contribution in [3.8, 4) is 0 Å². The summed E-state index contributed by atoms with van der Waals surface area (Å²) in [5.74, 6) is -1.35. The number of H-pyrrole nitrogens is 1. The molecule has 30 heavy (non-hydrogen) atoms. The average Bonchev–Trinajstić information content (AvgIpc) is 3.21. The molecule has 2 N–H and O–H groups in total. The SMILES string of the molecule is O=C(NCc1ccccc1Cl)C(=O)N1CCN(C(=O)c2c[nH]c3ccccc23)CC1. The lowest BCUT2D eigenvalue weighted by Crippen LogP contribution is -2.53. The van der Waals surface area contributed by atoms with E-state index in [0.717, 1.165) is 16.5 Å². The first kappa shape index (κ1) is 20.0. The van der Waals surface area contributed by atoms with E-state index in [-0.39, 0.29) is 12.5 Å². The lowest BCUT2D eigenvalue weighted by molar-refractivity contribution is -0.146. The number of carbonyl (C=O) groups excluding carboxylic acids is 3. The predicted octanol–water partition coefficient (Wildman–Crippen LogP) is 2.42. The van der Waals surface area contributed by atoms with Crippen molar-refractivity contribution in [1.29, 1.82) is 0 Å². The smallest absolute Gasteiger partial charge is 0.312 e. The largest absolute Gasteiger partial charge is 0.360 e. The van der Waals surface area contributed by atoms with Crippen LogP contribution in [-0.2, 0) is 16.1 Å². The standard InChI is InChI=1S/C22H21ClN4O3/c23-18-7-3-1-5-15(18)13-25-20(28)22(30)27-11-9-26(10-12-27)21(29)17-14-24-19-8-4-2-6-16(17)19/h1-8,14,24H,9-13H2,(H,25,28). The molecule has 1 saturated heterocycles. The fraction of sp³-hybridized carbons (Fsp3) is 0.227. The number of nitrogens with one attached hydrogen (secondary N) is 2. The Bertz CT molecular complexity index is 1100. The Hall–Kier alpha value is -3.32. The van der Waals surface area contributed by atoms with E-state index in [0.29, 0.717) is 36.8 Å². The lowest BCUT2D eigenvalue weighted by Gasteiger charge is -2.34. The fourth-order valence-corrected chi connectivity index (χ4v) is 3.77. The number of hydrogen-bond donors (Lipinski definition) is 2. The van der Waals surface area contributed by atoms with Gasteiger partial charge in [-0.2, -0.15) is 0 Å². The van der Waals surface area contributed by atoms with Crippen molar-refractivity contribution in [2.75, 3.05) is 26.2 Å². The van der Waals surface area contributed by atoms with Crippen LogP contribution in [0.5, 0.6) is 0 Å². The molecule has 2 heterocycles. The number of rotatable bonds is 3. The zero-order valence-electron chi connectivity index (χ0n) is 16.2. The van der Waals surface area contributed by atoms with Crippen LogP contribution in [0.4, 0.5) is 0 Å². The van der Waals surface area contributed by atoms with Crippen molar-refractivity contribution in [1.82, 2.24) is 20.1 Å². The third-order valence-electron chi connectivity index (χ3n) is 5.27. The highest BCUT2D eigenvalue weighted by molar-refractivity contribution is 6.35. The maximum absolute atomic E-state index is 12.9. The summed E-state index contributed by atoms with van der Waals surface area (Å²) in [4.78, 5) is 43.9. The first-order valence-corrected chi connectivity index (χ1v) is 10.1. The number of nitrogens with zero attached hydrogens (tertiary/aromatic N) is 2. The van der Waals surface area contributed by atoms with Crippen LogP contribution in [0.3, 0.4) is 0 Å². The highest BCUT2D eigenvalue weighted by Crippen LogP contribution is 2.20. The van der Waals surface area contributed by atoms with Crippen molar-refractivity contribution in [3.05, 3.63) is 70.9 Å². The minimum atomic E-state index is -0.675. The highest BCUT2D eigenvalue weighted by Gasteiger charge is 2.29. The van der Waals surface area contributed by atoms with Crippen LogP contribution in [0.25, 0.3) is 10.9 Å². The molecule has 2 aromatic carbocycles. The van der Waals surface area contributed by atoms with Crippen LogP contribution in [0, 0.1) is 0 Å². The van der Waals surface area contributed by atoms with Gasteiger partial charge in [0.2, 0.25) is 0 Å². The van der Waals surface area contributed by atoms with Crippen LogP contribution in [0.2, 0.25) is 5.02 Å². The molecule has 0 saturated carbocycles. The van der Waals surface area contributed by atoms with E-state index in [4.69, 9.17) is 11.6 Å². The Balaban J connectivity index is 1.32. The number of amides is 3. The van der Waals surface area contributed by atoms with Crippen molar-refractivity contribution in [3.63, 3.8) is 0 Å². The molecule has 1 aliphatic heterocycles. The van der Waals surface area contributed by atoms with Crippen LogP contribution < -0.4 is 5.32 Å². The Kier molecular flexibility index (Phi) is 5.72. The maximum atomic E-state index is 12.9. The Morgan fingerprint density at radius 2 is 1.60 bits per heavy atom. The molecule has 1 aromatic heterocycles. The number of halogens is 1. The second-order valence-electron chi connectivity index (χ2n) is 7.11. The van der Waals surface area contributed by atoms with Crippen molar-refractivity contribution >= 4 is 40.2 Å². The number of hydrogen-bond acceptors (Lipinski definition) is 3. The van der Waals surface area contributed by atoms with E-state index in [1.165, 1.54) is 4.90 Å². The maximum Gasteiger partial charge on any atom is 0.312 e. The minimum Gasteiger partial charge on any atom is -0.360 e. The monoisotopic (exact) mass is 424 g/mol. The first-order valence-electron chi connectivity index (χ1n) is 9.70. The van der Waals surface area contributed by atoms with E-state index in [1.54, 1.807) is 29.3 Å². The van der Waals surface area contributed by atoms with Crippen LogP contribution in [0.1, 0.15) is 15.9 Å². The van der Waals surface area contributed by atoms with E-state index >= 15 is 0 Å². The van der Waals surface area contributed by atoms with Gasteiger partial charge in [-0.3, -0.25) is 14.4 Å². The molecule has 8 heteroatoms. The summed E-state index contributed by atoms with van der Waals surface area (Å²) in [6, 6.07) is 14.8. The van der Waals surface area contributed by atoms with Gasteiger partial charge in [0.25, 0.3) is 5.91 Å². The summed E-state index contributed by atoms with van der Waals surface area (Å²) < 4.78 is 0. The second-order valence-corrected chi connectivity index (χ2v) is 7.51. The molecule has 0 atom stereocenters. The summed E-state index contributed by atoms with van der Waals surface area (Å²) in [6.07, 6.45) is 1.71. The zero-order chi connectivity index (χ0) is 21.1. The van der Waals surface area contributed by atoms with Gasteiger partial charge in [0.05, 0.1) is 5.56 Å². The van der Waals surface area contributed by atoms with E-state index in [2.05, 4.69) is 10.3 Å². The molecule has 3 aromatic rings. The molecule has 3 amide bonds. The molecule has 0 unspecified atom stereocenters. The molecular formula is C22H21ClN4O3. The number of benzene rings is 2. The third kappa shape index (κ3) is 4.02. The minimum absolute atomic E-state index is 0.0808. The van der Waals surface area contributed by atoms with Gasteiger partial charge in [-0.15, -0.1) is 0 Å². The van der Waals surface area contributed by atoms with Crippen molar-refractivity contribution in [2.24, 2.45) is 0 Å². The third-order valence-corrected chi connectivity index (χ3v) is 5.63. The topological polar surface area (TPSA) is 85.5 Å². The summed E-state index contributed by atoms with van der Waals surface area (Å²) in [7, 11) is 0. The molecule has 1 fully saturated rings. The van der Waals surface area contributed by atoms with Gasteiger partial charge in [-0.25, -0.2) is 0 Å². The van der Waals surface area contributed by atoms with E-state index in [9.17, 15) is 14.4 Å². The number of fused-ring (bicyclic) bond motifs is 1. The summed E-state index contributed by atoms with van der Waals surface area (Å²) in [5.41, 5.74) is 2.27. The first-order chi connectivity index (χ1) is 14.5. The molecule has 1 aliphatic rings. The molecule has 0 spiro atoms. The fourth-order valence-electron chi connectivity index (χ4n) is 3.57. The van der Waals surface area contributed by atoms with Gasteiger partial charge >= 0.3 is 11.8 Å². The normalized spacial score (nSPS) is 14.0. The van der Waals surface area contributed by atoms with Crippen LogP contribution >= 0.6 is 11.6 Å². The summed E-state index contributed by atoms with van der Waals surface area (Å²) in [6.45, 7) is 1.56. The lowest BCUT2D eigenvalue weighted by atomic mass is 10.1. The summed E-state index contributed by atoms with van der Waals surface area (Å²) in [5, 5.41) is 4.03. The number of aromatic amines is 1. The van der Waals surface area contributed by atoms with Gasteiger partial charge in [0.1, 0.15) is 0 Å². The Morgan fingerprint density at radius 3 is 2.37 bits per heavy atom. The molecule has 0 aliphatic carbocycles. The summed E-state index contributed by atoms with van der Waals surface area (Å²) >= 11 is 6.07. The Morgan fingerprint density at radius 1 is 0.933 bits per heavy atom. The average molecular weight is 425 g/mol. The van der Waals surface area contributed by atoms with Crippen molar-refractivity contribution in [2.45, 2.75) is 6.54 Å². The van der Waals surface area contributed by atoms with Crippen molar-refractivity contribution < 1.29 is 14.4 Å². The van der Waals surface area contributed by atoms with Gasteiger partial charge < -0.3 is 20.1 Å². The number of piperazine rings is 1. The number of para-hydroxylation sites is 1. The van der Waals surface area contributed by atoms with Gasteiger partial charge in [-0.1, -0.05) is 48.0 Å². The van der Waals surface area contributed by atoms with Gasteiger partial charge in [-0.05, 0) is 17.7 Å². The molecule has 0 bridgehead atoms. The van der Waals surface area contributed by atoms with Gasteiger partial charge in [0, 0.05) is 54.8 Å². The highest BCUT2D eigenvalue weighted by atomic mass is 35.5.